The van der Waals surface area contributed by atoms with Crippen LogP contribution in [-0.4, -0.2) is 15.9 Å². The van der Waals surface area contributed by atoms with Crippen LogP contribution in [0.2, 0.25) is 0 Å². The molecule has 0 saturated carbocycles. The molecule has 0 aliphatic heterocycles. The zero-order valence-electron chi connectivity index (χ0n) is 5.46. The first-order chi connectivity index (χ1) is 5.57. The molecule has 0 saturated heterocycles. The zero-order valence-corrected chi connectivity index (χ0v) is 9.24. The first-order valence-corrected chi connectivity index (χ1v) is 4.33. The minimum Gasteiger partial charge on any atom is -0.420 e. The summed E-state index contributed by atoms with van der Waals surface area (Å²) in [6.45, 7) is 0. The van der Waals surface area contributed by atoms with E-state index in [9.17, 15) is 13.6 Å². The van der Waals surface area contributed by atoms with Crippen LogP contribution in [0.3, 0.4) is 0 Å². The summed E-state index contributed by atoms with van der Waals surface area (Å²) in [6, 6.07) is 0. The van der Waals surface area contributed by atoms with E-state index in [4.69, 9.17) is 46.4 Å². The molecule has 0 aromatic carbocycles. The minimum atomic E-state index is -4.24. The van der Waals surface area contributed by atoms with Gasteiger partial charge in [0.1, 0.15) is 0 Å². The number of carbonyl (C=O) groups excluding carboxylic acids is 1. The molecule has 0 aliphatic carbocycles. The Balaban J connectivity index is 4.38. The normalized spacial score (nSPS) is 13.2. The van der Waals surface area contributed by atoms with Gasteiger partial charge in [-0.2, -0.15) is 8.78 Å². The topological polar surface area (TPSA) is 26.3 Å². The van der Waals surface area contributed by atoms with E-state index in [1.807, 2.05) is 0 Å². The summed E-state index contributed by atoms with van der Waals surface area (Å²) < 4.78 is 25.2. The van der Waals surface area contributed by atoms with Gasteiger partial charge in [-0.1, -0.05) is 46.4 Å². The molecule has 0 N–H and O–H groups in total. The lowest BCUT2D eigenvalue weighted by molar-refractivity contribution is -0.163. The first-order valence-electron chi connectivity index (χ1n) is 2.44. The molecular weight excluding hydrogens is 295 g/mol. The summed E-state index contributed by atoms with van der Waals surface area (Å²) in [7, 11) is 0. The number of hydrogen-bond acceptors (Lipinski definition) is 2. The number of carbonyl (C=O) groups is 1. The summed E-state index contributed by atoms with van der Waals surface area (Å²) >= 11 is 24.5. The molecular formula is C4Cl5F2O2. The number of ether oxygens (including phenoxy) is 1. The van der Waals surface area contributed by atoms with Crippen molar-refractivity contribution in [3.05, 3.63) is 4.84 Å². The van der Waals surface area contributed by atoms with Gasteiger partial charge in [-0.15, -0.1) is 0 Å². The van der Waals surface area contributed by atoms with E-state index in [2.05, 4.69) is 16.3 Å². The Labute approximate surface area is 97.0 Å². The number of rotatable bonds is 3. The second-order valence-electron chi connectivity index (χ2n) is 1.66. The fourth-order valence-electron chi connectivity index (χ4n) is 0.213. The van der Waals surface area contributed by atoms with Crippen molar-refractivity contribution in [1.82, 2.24) is 0 Å². The molecule has 0 fully saturated rings. The predicted octanol–water partition coefficient (Wildman–Crippen LogP) is 3.46. The van der Waals surface area contributed by atoms with Gasteiger partial charge in [-0.3, -0.25) is 0 Å². The van der Waals surface area contributed by atoms with Crippen LogP contribution in [-0.2, 0) is 9.53 Å². The average molecular weight is 295 g/mol. The van der Waals surface area contributed by atoms with Gasteiger partial charge in [-0.05, 0) is 11.6 Å². The van der Waals surface area contributed by atoms with Gasteiger partial charge in [0.15, 0.2) is 0 Å². The lowest BCUT2D eigenvalue weighted by atomic mass is 10.7. The maximum absolute atomic E-state index is 12.0. The molecule has 13 heavy (non-hydrogen) atoms. The Morgan fingerprint density at radius 3 is 1.77 bits per heavy atom. The summed E-state index contributed by atoms with van der Waals surface area (Å²) in [4.78, 5) is 9.57. The van der Waals surface area contributed by atoms with Crippen molar-refractivity contribution in [3.8, 4) is 0 Å². The molecule has 9 heteroatoms. The second kappa shape index (κ2) is 4.53. The highest BCUT2D eigenvalue weighted by atomic mass is 35.5. The van der Waals surface area contributed by atoms with Crippen molar-refractivity contribution < 1.29 is 18.3 Å². The number of alkyl halides is 5. The van der Waals surface area contributed by atoms with Crippen molar-refractivity contribution in [2.45, 2.75) is 9.90 Å². The SMILES string of the molecule is O=C(OC(Cl)(Cl)[C](Cl)Cl)C(F)(F)Cl. The standard InChI is InChI=1S/C4Cl5F2O2/c5-1(6)3(7,8)13-2(12)4(9,10)11. The van der Waals surface area contributed by atoms with Crippen LogP contribution in [0.5, 0.6) is 0 Å². The molecule has 1 radical (unpaired) electrons. The van der Waals surface area contributed by atoms with Crippen LogP contribution in [0.25, 0.3) is 0 Å². The maximum atomic E-state index is 12.0. The quantitative estimate of drug-likeness (QED) is 0.589. The number of halogens is 7. The van der Waals surface area contributed by atoms with E-state index in [1.54, 1.807) is 0 Å². The smallest absolute Gasteiger partial charge is 0.418 e. The molecule has 77 valence electrons. The molecule has 0 heterocycles. The van der Waals surface area contributed by atoms with E-state index < -0.39 is 20.7 Å². The second-order valence-corrected chi connectivity index (χ2v) is 4.35. The van der Waals surface area contributed by atoms with E-state index in [1.165, 1.54) is 0 Å². The summed E-state index contributed by atoms with van der Waals surface area (Å²) in [6.07, 6.45) is 0. The van der Waals surface area contributed by atoms with Gasteiger partial charge in [0.05, 0.1) is 0 Å². The van der Waals surface area contributed by atoms with Crippen LogP contribution >= 0.6 is 58.0 Å². The van der Waals surface area contributed by atoms with E-state index in [-0.39, 0.29) is 0 Å². The van der Waals surface area contributed by atoms with Crippen LogP contribution in [0, 0.1) is 4.84 Å². The maximum Gasteiger partial charge on any atom is 0.418 e. The lowest BCUT2D eigenvalue weighted by Gasteiger charge is -2.20. The largest absolute Gasteiger partial charge is 0.420 e. The highest BCUT2D eigenvalue weighted by Gasteiger charge is 2.46. The number of esters is 1. The van der Waals surface area contributed by atoms with E-state index in [0.29, 0.717) is 0 Å². The third-order valence-electron chi connectivity index (χ3n) is 0.672. The predicted molar refractivity (Wildman–Crippen MR) is 46.3 cm³/mol. The molecule has 0 rings (SSSR count). The van der Waals surface area contributed by atoms with Gasteiger partial charge in [0.25, 0.3) is 4.52 Å². The molecule has 2 nitrogen and oxygen atoms in total. The Morgan fingerprint density at radius 1 is 1.15 bits per heavy atom. The van der Waals surface area contributed by atoms with Gasteiger partial charge >= 0.3 is 11.4 Å². The molecule has 0 unspecified atom stereocenters. The third kappa shape index (κ3) is 4.70. The van der Waals surface area contributed by atoms with Crippen molar-refractivity contribution in [3.63, 3.8) is 0 Å². The average Bonchev–Trinajstić information content (AvgIpc) is 1.83. The summed E-state index contributed by atoms with van der Waals surface area (Å²) in [5.41, 5.74) is 0. The minimum absolute atomic E-state index is 0.815. The van der Waals surface area contributed by atoms with E-state index >= 15 is 0 Å². The lowest BCUT2D eigenvalue weighted by Crippen LogP contribution is -2.33. The summed E-state index contributed by atoms with van der Waals surface area (Å²) in [5.74, 6) is -2.15. The van der Waals surface area contributed by atoms with Crippen LogP contribution in [0.15, 0.2) is 0 Å². The van der Waals surface area contributed by atoms with Crippen LogP contribution in [0.1, 0.15) is 0 Å². The molecule has 0 bridgehead atoms. The Morgan fingerprint density at radius 2 is 1.54 bits per heavy atom. The molecule has 0 atom stereocenters. The molecule has 0 spiro atoms. The molecule has 0 aromatic heterocycles. The van der Waals surface area contributed by atoms with Crippen LogP contribution in [0.4, 0.5) is 8.78 Å². The van der Waals surface area contributed by atoms with Gasteiger partial charge in [0.2, 0.25) is 4.84 Å². The monoisotopic (exact) mass is 293 g/mol. The zero-order chi connectivity index (χ0) is 10.9. The highest BCUT2D eigenvalue weighted by molar-refractivity contribution is 6.65. The number of hydrogen-bond donors (Lipinski definition) is 0. The third-order valence-corrected chi connectivity index (χ3v) is 2.28. The molecule has 0 aromatic rings. The van der Waals surface area contributed by atoms with E-state index in [0.717, 1.165) is 0 Å². The van der Waals surface area contributed by atoms with Gasteiger partial charge < -0.3 is 4.74 Å². The fraction of sp³-hybridized carbons (Fsp3) is 0.500. The highest BCUT2D eigenvalue weighted by Crippen LogP contribution is 2.40. The van der Waals surface area contributed by atoms with Gasteiger partial charge in [0, 0.05) is 0 Å². The van der Waals surface area contributed by atoms with Crippen molar-refractivity contribution in [2.75, 3.05) is 0 Å². The summed E-state index contributed by atoms with van der Waals surface area (Å²) in [5, 5.41) is -4.24. The Bertz CT molecular complexity index is 201. The van der Waals surface area contributed by atoms with Crippen molar-refractivity contribution in [2.24, 2.45) is 0 Å². The first kappa shape index (κ1) is 13.8. The molecule has 0 aliphatic rings. The Kier molecular flexibility index (Phi) is 4.80. The fourth-order valence-corrected chi connectivity index (χ4v) is 0.469. The van der Waals surface area contributed by atoms with Gasteiger partial charge in [-0.25, -0.2) is 4.79 Å². The van der Waals surface area contributed by atoms with Crippen LogP contribution < -0.4 is 0 Å². The molecule has 0 amide bonds. The Hall–Kier alpha value is 0.780. The van der Waals surface area contributed by atoms with Crippen molar-refractivity contribution >= 4 is 64.0 Å². The van der Waals surface area contributed by atoms with Crippen molar-refractivity contribution in [1.29, 1.82) is 0 Å².